The molecule has 0 saturated carbocycles. The van der Waals surface area contributed by atoms with Crippen molar-refractivity contribution in [1.82, 2.24) is 39.9 Å². The monoisotopic (exact) mass is 1510 g/mol. The van der Waals surface area contributed by atoms with Crippen LogP contribution in [0.1, 0.15) is 315 Å². The second-order valence-corrected chi connectivity index (χ2v) is 36.8. The van der Waals surface area contributed by atoms with E-state index in [0.29, 0.717) is 0 Å². The molecule has 4 aliphatic heterocycles. The van der Waals surface area contributed by atoms with E-state index >= 15 is 0 Å². The van der Waals surface area contributed by atoms with Crippen LogP contribution in [0.2, 0.25) is 0 Å². The van der Waals surface area contributed by atoms with Crippen LogP contribution in [0.15, 0.2) is 109 Å². The van der Waals surface area contributed by atoms with Crippen LogP contribution in [0.5, 0.6) is 0 Å². The molecule has 14 rings (SSSR count). The van der Waals surface area contributed by atoms with Gasteiger partial charge in [-0.2, -0.15) is 0 Å². The van der Waals surface area contributed by atoms with Crippen molar-refractivity contribution in [2.75, 3.05) is 0 Å². The molecular weight excluding hydrogens is 1390 g/mol. The number of aromatic nitrogens is 8. The van der Waals surface area contributed by atoms with Gasteiger partial charge >= 0.3 is 0 Å². The summed E-state index contributed by atoms with van der Waals surface area (Å²) < 4.78 is 0. The Hall–Kier alpha value is -10.4. The summed E-state index contributed by atoms with van der Waals surface area (Å²) in [6.45, 7) is 64.6. The SMILES string of the molecule is CCC1=C(C)c2nc1cc1[nH]c(c(C)c1CC)c(-c1ccc(C#Cc3ccc(-c4c5nc(cc6[nH]c(c(C)c6CC)c(-c6cc(C(C)(C)C)cc(C(C)(C)C)c6)c6nc(cc7[nH]c4c(C)c7CC)C(CC)=C6C)C(CC)=C5C)cc3)cc1)c1nc(cc3[nH]c(c(C)c3CC)c2-c2cc(C(C)(C)C)cc(C(C)(C)C)c2)C(CC)=C1C. The standard InChI is InChI=1S/C106H122N8/c1-29-75-57(9)95-91(96-58(10)76(30-2)84(108-96)54-88-80(34-6)62(14)100(112-88)93(99-61(13)79(33-5)87(111-99)53-83(75)107-95)69-47-71(103(17,18)19)51-72(48-69)104(20,21)22)67-43-39-65(40-44-67)37-38-66-41-45-68(46-42-66)92-97-59(11)77(31-3)85(109-97)55-89-81(35-7)63(15)101(113-89)94(70-49-73(105(23,24)25)52-74(50-70)106(26,27)28)102-64(16)82(36-8)90(114-102)56-86-78(32-4)60(12)98(92)110-86/h39-56,107,109,112,114H,29-36H2,1-28H3. The Bertz CT molecular complexity index is 5780. The Balaban J connectivity index is 0.924. The molecule has 0 atom stereocenters. The highest BCUT2D eigenvalue weighted by molar-refractivity contribution is 6.06. The van der Waals surface area contributed by atoms with Gasteiger partial charge in [-0.05, 0) is 311 Å². The molecule has 586 valence electrons. The van der Waals surface area contributed by atoms with Gasteiger partial charge in [0, 0.05) is 55.4 Å². The molecule has 114 heavy (non-hydrogen) atoms. The topological polar surface area (TPSA) is 115 Å². The first-order valence-electron chi connectivity index (χ1n) is 42.4. The van der Waals surface area contributed by atoms with Crippen molar-refractivity contribution < 1.29 is 0 Å². The molecule has 10 aromatic rings. The number of allylic oxidation sites excluding steroid dienone is 8. The Labute approximate surface area is 680 Å². The third-order valence-electron chi connectivity index (χ3n) is 25.6. The molecule has 16 bridgehead atoms. The fraction of sp³-hybridized carbons (Fsp3) is 0.377. The number of rotatable bonds is 12. The van der Waals surface area contributed by atoms with Crippen LogP contribution in [0, 0.1) is 39.5 Å². The molecule has 0 saturated heterocycles. The first-order valence-corrected chi connectivity index (χ1v) is 42.4. The van der Waals surface area contributed by atoms with E-state index in [2.05, 4.69) is 335 Å². The largest absolute Gasteiger partial charge is 0.354 e. The zero-order chi connectivity index (χ0) is 82.0. The highest BCUT2D eigenvalue weighted by Crippen LogP contribution is 2.49. The lowest BCUT2D eigenvalue weighted by atomic mass is 9.78. The van der Waals surface area contributed by atoms with Crippen molar-refractivity contribution >= 4 is 88.7 Å². The highest BCUT2D eigenvalue weighted by Gasteiger charge is 2.32. The molecule has 0 radical (unpaired) electrons. The molecule has 0 unspecified atom stereocenters. The van der Waals surface area contributed by atoms with Gasteiger partial charge in [0.15, 0.2) is 0 Å². The van der Waals surface area contributed by atoms with Gasteiger partial charge in [-0.25, -0.2) is 19.9 Å². The number of H-pyrrole nitrogens is 4. The van der Waals surface area contributed by atoms with Gasteiger partial charge in [0.05, 0.1) is 67.6 Å². The summed E-state index contributed by atoms with van der Waals surface area (Å²) in [6, 6.07) is 41.8. The third-order valence-corrected chi connectivity index (χ3v) is 25.6. The molecule has 0 aliphatic carbocycles. The first-order chi connectivity index (χ1) is 54.0. The normalized spacial score (nSPS) is 13.7. The zero-order valence-corrected chi connectivity index (χ0v) is 73.8. The van der Waals surface area contributed by atoms with E-state index in [9.17, 15) is 0 Å². The molecule has 0 fully saturated rings. The van der Waals surface area contributed by atoms with Crippen LogP contribution < -0.4 is 0 Å². The minimum absolute atomic E-state index is 0.0756. The Morgan fingerprint density at radius 3 is 0.667 bits per heavy atom. The van der Waals surface area contributed by atoms with Gasteiger partial charge in [-0.3, -0.25) is 0 Å². The number of aryl methyl sites for hydroxylation is 8. The second kappa shape index (κ2) is 30.1. The Morgan fingerprint density at radius 2 is 0.474 bits per heavy atom. The Morgan fingerprint density at radius 1 is 0.263 bits per heavy atom. The maximum atomic E-state index is 5.83. The number of hydrogen-bond donors (Lipinski definition) is 4. The average molecular weight is 1510 g/mol. The van der Waals surface area contributed by atoms with Gasteiger partial charge in [0.2, 0.25) is 0 Å². The molecule has 0 amide bonds. The quantitative estimate of drug-likeness (QED) is 0.0912. The molecule has 4 aromatic carbocycles. The predicted octanol–water partition coefficient (Wildman–Crippen LogP) is 29.0. The lowest BCUT2D eigenvalue weighted by Gasteiger charge is -2.26. The summed E-state index contributed by atoms with van der Waals surface area (Å²) in [7, 11) is 0. The molecule has 8 heteroatoms. The average Bonchev–Trinajstić information content (AvgIpc) is 1.57. The molecular formula is C106H122N8. The first kappa shape index (κ1) is 80.3. The van der Waals surface area contributed by atoms with Gasteiger partial charge < -0.3 is 19.9 Å². The fourth-order valence-corrected chi connectivity index (χ4v) is 18.6. The number of nitrogens with zero attached hydrogens (tertiary/aromatic N) is 4. The summed E-state index contributed by atoms with van der Waals surface area (Å²) in [4.78, 5) is 39.7. The van der Waals surface area contributed by atoms with E-state index in [4.69, 9.17) is 19.9 Å². The van der Waals surface area contributed by atoms with Crippen LogP contribution in [0.4, 0.5) is 0 Å². The van der Waals surface area contributed by atoms with Gasteiger partial charge in [-0.1, -0.05) is 211 Å². The van der Waals surface area contributed by atoms with E-state index < -0.39 is 0 Å². The lowest BCUT2D eigenvalue weighted by molar-refractivity contribution is 0.568. The van der Waals surface area contributed by atoms with E-state index in [-0.39, 0.29) is 21.7 Å². The van der Waals surface area contributed by atoms with E-state index in [0.717, 1.165) is 186 Å². The number of hydrogen-bond acceptors (Lipinski definition) is 4. The Kier molecular flexibility index (Phi) is 21.2. The molecule has 6 aromatic heterocycles. The molecule has 4 N–H and O–H groups in total. The zero-order valence-electron chi connectivity index (χ0n) is 73.8. The number of fused-ring (bicyclic) bond motifs is 16. The highest BCUT2D eigenvalue weighted by atomic mass is 14.8. The van der Waals surface area contributed by atoms with Crippen molar-refractivity contribution in [3.05, 3.63) is 233 Å². The van der Waals surface area contributed by atoms with Crippen LogP contribution >= 0.6 is 0 Å². The fourth-order valence-electron chi connectivity index (χ4n) is 18.6. The molecule has 0 spiro atoms. The maximum absolute atomic E-state index is 5.83. The van der Waals surface area contributed by atoms with E-state index in [1.807, 2.05) is 0 Å². The van der Waals surface area contributed by atoms with Crippen molar-refractivity contribution in [2.24, 2.45) is 0 Å². The van der Waals surface area contributed by atoms with E-state index in [1.165, 1.54) is 122 Å². The van der Waals surface area contributed by atoms with Crippen molar-refractivity contribution in [3.8, 4) is 56.3 Å². The predicted molar refractivity (Wildman–Crippen MR) is 492 cm³/mol. The second-order valence-electron chi connectivity index (χ2n) is 36.8. The smallest absolute Gasteiger partial charge is 0.0769 e. The van der Waals surface area contributed by atoms with Crippen LogP contribution in [-0.4, -0.2) is 39.9 Å². The van der Waals surface area contributed by atoms with E-state index in [1.54, 1.807) is 0 Å². The summed E-state index contributed by atoms with van der Waals surface area (Å²) in [5.41, 5.74) is 52.6. The number of aromatic amines is 4. The third kappa shape index (κ3) is 14.1. The summed E-state index contributed by atoms with van der Waals surface area (Å²) in [5.74, 6) is 7.24. The van der Waals surface area contributed by atoms with Crippen molar-refractivity contribution in [1.29, 1.82) is 0 Å². The number of nitrogens with one attached hydrogen (secondary N) is 4. The van der Waals surface area contributed by atoms with Gasteiger partial charge in [0.1, 0.15) is 0 Å². The molecule has 4 aliphatic rings. The van der Waals surface area contributed by atoms with Crippen LogP contribution in [-0.2, 0) is 47.3 Å². The molecule has 10 heterocycles. The lowest BCUT2D eigenvalue weighted by Crippen LogP contribution is -2.16. The van der Waals surface area contributed by atoms with Crippen molar-refractivity contribution in [3.63, 3.8) is 0 Å². The van der Waals surface area contributed by atoms with Crippen LogP contribution in [0.25, 0.3) is 133 Å². The summed E-state index contributed by atoms with van der Waals surface area (Å²) in [5, 5.41) is 0. The number of benzene rings is 4. The molecule has 8 nitrogen and oxygen atoms in total. The summed E-state index contributed by atoms with van der Waals surface area (Å²) in [6.07, 6.45) is 6.77. The summed E-state index contributed by atoms with van der Waals surface area (Å²) >= 11 is 0. The van der Waals surface area contributed by atoms with Gasteiger partial charge in [0.25, 0.3) is 0 Å². The minimum Gasteiger partial charge on any atom is -0.354 e. The van der Waals surface area contributed by atoms with Crippen molar-refractivity contribution in [2.45, 2.75) is 267 Å². The minimum atomic E-state index is -0.0756. The van der Waals surface area contributed by atoms with Gasteiger partial charge in [-0.15, -0.1) is 0 Å². The maximum Gasteiger partial charge on any atom is 0.0769 e. The van der Waals surface area contributed by atoms with Crippen LogP contribution in [0.3, 0.4) is 0 Å².